The van der Waals surface area contributed by atoms with Gasteiger partial charge in [-0.25, -0.2) is 8.42 Å². The number of hydrogen-bond donors (Lipinski definition) is 2. The molecule has 7 heteroatoms. The highest BCUT2D eigenvalue weighted by atomic mass is 32.2. The monoisotopic (exact) mass is 312 g/mol. The zero-order valence-electron chi connectivity index (χ0n) is 12.4. The molecule has 21 heavy (non-hydrogen) atoms. The lowest BCUT2D eigenvalue weighted by atomic mass is 10.1. The van der Waals surface area contributed by atoms with Gasteiger partial charge in [0.2, 0.25) is 15.9 Å². The summed E-state index contributed by atoms with van der Waals surface area (Å²) in [5, 5.41) is 12.5. The van der Waals surface area contributed by atoms with Gasteiger partial charge in [0.25, 0.3) is 0 Å². The maximum Gasteiger partial charge on any atom is 0.243 e. The van der Waals surface area contributed by atoms with E-state index in [1.165, 1.54) is 16.4 Å². The number of sulfonamides is 1. The van der Waals surface area contributed by atoms with Gasteiger partial charge in [-0.05, 0) is 37.6 Å². The molecule has 1 aromatic carbocycles. The van der Waals surface area contributed by atoms with E-state index in [0.29, 0.717) is 11.3 Å². The third-order valence-electron chi connectivity index (χ3n) is 3.26. The second kappa shape index (κ2) is 5.40. The standard InChI is InChI=1S/C14H20N2O4S/c1-4-16(9-14(2,3)18)21(19,20)11-5-6-12-10(7-11)8-13(17)15-12/h5-7,18H,4,8-9H2,1-3H3,(H,15,17). The molecule has 1 aromatic rings. The normalized spacial score (nSPS) is 15.2. The van der Waals surface area contributed by atoms with Gasteiger partial charge in [-0.2, -0.15) is 4.31 Å². The SMILES string of the molecule is CCN(CC(C)(C)O)S(=O)(=O)c1ccc2c(c1)CC(=O)N2. The first kappa shape index (κ1) is 15.9. The number of fused-ring (bicyclic) bond motifs is 1. The lowest BCUT2D eigenvalue weighted by Gasteiger charge is -2.27. The van der Waals surface area contributed by atoms with E-state index in [9.17, 15) is 18.3 Å². The molecule has 0 saturated heterocycles. The molecule has 0 bridgehead atoms. The Labute approximate surface area is 124 Å². The minimum Gasteiger partial charge on any atom is -0.389 e. The van der Waals surface area contributed by atoms with Crippen LogP contribution in [0.15, 0.2) is 23.1 Å². The number of nitrogens with one attached hydrogen (secondary N) is 1. The van der Waals surface area contributed by atoms with Crippen molar-refractivity contribution in [3.8, 4) is 0 Å². The largest absolute Gasteiger partial charge is 0.389 e. The fourth-order valence-electron chi connectivity index (χ4n) is 2.31. The summed E-state index contributed by atoms with van der Waals surface area (Å²) in [5.74, 6) is -0.136. The van der Waals surface area contributed by atoms with Gasteiger partial charge in [0, 0.05) is 18.8 Å². The summed E-state index contributed by atoms with van der Waals surface area (Å²) < 4.78 is 26.5. The highest BCUT2D eigenvalue weighted by Crippen LogP contribution is 2.27. The van der Waals surface area contributed by atoms with E-state index in [4.69, 9.17) is 0 Å². The van der Waals surface area contributed by atoms with Crippen LogP contribution < -0.4 is 5.32 Å². The van der Waals surface area contributed by atoms with Crippen LogP contribution in [0.25, 0.3) is 0 Å². The second-order valence-corrected chi connectivity index (χ2v) is 7.73. The van der Waals surface area contributed by atoms with E-state index in [1.54, 1.807) is 26.8 Å². The van der Waals surface area contributed by atoms with Crippen LogP contribution in [0.4, 0.5) is 5.69 Å². The summed E-state index contributed by atoms with van der Waals surface area (Å²) in [6.45, 7) is 5.13. The molecule has 1 amide bonds. The van der Waals surface area contributed by atoms with Crippen LogP contribution in [0, 0.1) is 0 Å². The number of rotatable bonds is 5. The van der Waals surface area contributed by atoms with Crippen molar-refractivity contribution in [2.75, 3.05) is 18.4 Å². The quantitative estimate of drug-likeness (QED) is 0.848. The van der Waals surface area contributed by atoms with Crippen LogP contribution in [0.5, 0.6) is 0 Å². The Morgan fingerprint density at radius 1 is 1.38 bits per heavy atom. The van der Waals surface area contributed by atoms with Crippen LogP contribution in [0.1, 0.15) is 26.3 Å². The average molecular weight is 312 g/mol. The first-order chi connectivity index (χ1) is 9.63. The number of anilines is 1. The number of benzene rings is 1. The van der Waals surface area contributed by atoms with Gasteiger partial charge in [0.15, 0.2) is 0 Å². The number of likely N-dealkylation sites (N-methyl/N-ethyl adjacent to an activating group) is 1. The molecule has 0 atom stereocenters. The Hall–Kier alpha value is -1.44. The first-order valence-electron chi connectivity index (χ1n) is 6.79. The summed E-state index contributed by atoms with van der Waals surface area (Å²) >= 11 is 0. The molecule has 1 heterocycles. The molecular formula is C14H20N2O4S. The van der Waals surface area contributed by atoms with Gasteiger partial charge >= 0.3 is 0 Å². The van der Waals surface area contributed by atoms with Crippen molar-refractivity contribution in [2.24, 2.45) is 0 Å². The molecule has 0 aliphatic carbocycles. The number of hydrogen-bond acceptors (Lipinski definition) is 4. The van der Waals surface area contributed by atoms with Crippen molar-refractivity contribution in [3.63, 3.8) is 0 Å². The number of nitrogens with zero attached hydrogens (tertiary/aromatic N) is 1. The maximum atomic E-state index is 12.6. The van der Waals surface area contributed by atoms with Crippen LogP contribution in [-0.4, -0.2) is 42.4 Å². The molecule has 6 nitrogen and oxygen atoms in total. The van der Waals surface area contributed by atoms with Gasteiger partial charge in [-0.15, -0.1) is 0 Å². The Morgan fingerprint density at radius 3 is 2.62 bits per heavy atom. The summed E-state index contributed by atoms with van der Waals surface area (Å²) in [4.78, 5) is 11.5. The number of carbonyl (C=O) groups is 1. The van der Waals surface area contributed by atoms with Gasteiger partial charge in [-0.3, -0.25) is 4.79 Å². The highest BCUT2D eigenvalue weighted by Gasteiger charge is 2.29. The molecule has 0 saturated carbocycles. The topological polar surface area (TPSA) is 86.7 Å². The molecule has 0 aromatic heterocycles. The fourth-order valence-corrected chi connectivity index (χ4v) is 3.97. The maximum absolute atomic E-state index is 12.6. The fraction of sp³-hybridized carbons (Fsp3) is 0.500. The Kier molecular flexibility index (Phi) is 4.10. The molecule has 0 spiro atoms. The Bertz CT molecular complexity index is 662. The van der Waals surface area contributed by atoms with E-state index < -0.39 is 15.6 Å². The van der Waals surface area contributed by atoms with Gasteiger partial charge in [-0.1, -0.05) is 6.92 Å². The van der Waals surface area contributed by atoms with Gasteiger partial charge in [0.1, 0.15) is 0 Å². The molecule has 0 unspecified atom stereocenters. The van der Waals surface area contributed by atoms with Crippen LogP contribution in [0.2, 0.25) is 0 Å². The minimum absolute atomic E-state index is 0.0140. The number of carbonyl (C=O) groups excluding carboxylic acids is 1. The van der Waals surface area contributed by atoms with Crippen molar-refractivity contribution >= 4 is 21.6 Å². The smallest absolute Gasteiger partial charge is 0.243 e. The minimum atomic E-state index is -3.69. The average Bonchev–Trinajstić information content (AvgIpc) is 2.73. The lowest BCUT2D eigenvalue weighted by Crippen LogP contribution is -2.42. The molecule has 2 N–H and O–H groups in total. The van der Waals surface area contributed by atoms with Crippen molar-refractivity contribution in [1.82, 2.24) is 4.31 Å². The van der Waals surface area contributed by atoms with Crippen molar-refractivity contribution in [1.29, 1.82) is 0 Å². The van der Waals surface area contributed by atoms with E-state index in [2.05, 4.69) is 5.32 Å². The summed E-state index contributed by atoms with van der Waals surface area (Å²) in [5.41, 5.74) is 0.224. The number of amides is 1. The van der Waals surface area contributed by atoms with E-state index in [1.807, 2.05) is 0 Å². The predicted octanol–water partition coefficient (Wildman–Crippen LogP) is 0.963. The molecule has 2 rings (SSSR count). The summed E-state index contributed by atoms with van der Waals surface area (Å²) in [7, 11) is -3.69. The van der Waals surface area contributed by atoms with Crippen molar-refractivity contribution < 1.29 is 18.3 Å². The van der Waals surface area contributed by atoms with Gasteiger partial charge in [0.05, 0.1) is 16.9 Å². The molecule has 116 valence electrons. The van der Waals surface area contributed by atoms with E-state index in [0.717, 1.165) is 0 Å². The van der Waals surface area contributed by atoms with E-state index >= 15 is 0 Å². The zero-order chi connectivity index (χ0) is 15.8. The Morgan fingerprint density at radius 2 is 2.05 bits per heavy atom. The zero-order valence-corrected chi connectivity index (χ0v) is 13.2. The summed E-state index contributed by atoms with van der Waals surface area (Å²) in [6, 6.07) is 4.60. The predicted molar refractivity (Wildman–Crippen MR) is 79.5 cm³/mol. The van der Waals surface area contributed by atoms with Crippen LogP contribution in [-0.2, 0) is 21.2 Å². The molecule has 0 fully saturated rings. The molecule has 1 aliphatic heterocycles. The highest BCUT2D eigenvalue weighted by molar-refractivity contribution is 7.89. The van der Waals surface area contributed by atoms with E-state index in [-0.39, 0.29) is 30.3 Å². The lowest BCUT2D eigenvalue weighted by molar-refractivity contribution is -0.115. The van der Waals surface area contributed by atoms with Crippen LogP contribution in [0.3, 0.4) is 0 Å². The van der Waals surface area contributed by atoms with Crippen LogP contribution >= 0.6 is 0 Å². The number of aliphatic hydroxyl groups is 1. The Balaban J connectivity index is 2.35. The molecular weight excluding hydrogens is 292 g/mol. The molecule has 1 aliphatic rings. The molecule has 0 radical (unpaired) electrons. The summed E-state index contributed by atoms with van der Waals surface area (Å²) in [6.07, 6.45) is 0.191. The second-order valence-electron chi connectivity index (χ2n) is 5.79. The van der Waals surface area contributed by atoms with Crippen molar-refractivity contribution in [2.45, 2.75) is 37.7 Å². The van der Waals surface area contributed by atoms with Crippen molar-refractivity contribution in [3.05, 3.63) is 23.8 Å². The first-order valence-corrected chi connectivity index (χ1v) is 8.23. The third-order valence-corrected chi connectivity index (χ3v) is 5.17. The third kappa shape index (κ3) is 3.42. The van der Waals surface area contributed by atoms with Gasteiger partial charge < -0.3 is 10.4 Å².